The van der Waals surface area contributed by atoms with Crippen molar-refractivity contribution in [3.8, 4) is 0 Å². The molecule has 0 aliphatic carbocycles. The lowest BCUT2D eigenvalue weighted by Gasteiger charge is -2.28. The molecule has 0 heterocycles. The number of carbonyl (C=O) groups excluding carboxylic acids is 1. The molecule has 3 N–H and O–H groups in total. The maximum Gasteiger partial charge on any atom is 0.310 e. The summed E-state index contributed by atoms with van der Waals surface area (Å²) in [5, 5.41) is 16.0. The third-order valence-corrected chi connectivity index (χ3v) is 4.95. The van der Waals surface area contributed by atoms with Crippen LogP contribution >= 0.6 is 11.6 Å². The highest BCUT2D eigenvalue weighted by Crippen LogP contribution is 2.26. The molecular formula is C18H27ClN2O3. The summed E-state index contributed by atoms with van der Waals surface area (Å²) in [5.41, 5.74) is 0.827. The third-order valence-electron chi connectivity index (χ3n) is 4.54. The van der Waals surface area contributed by atoms with Crippen LogP contribution in [0.2, 0.25) is 5.02 Å². The zero-order valence-corrected chi connectivity index (χ0v) is 15.5. The Morgan fingerprint density at radius 1 is 1.29 bits per heavy atom. The van der Waals surface area contributed by atoms with Gasteiger partial charge in [-0.3, -0.25) is 9.59 Å². The number of hydrogen-bond donors (Lipinski definition) is 3. The third kappa shape index (κ3) is 5.49. The molecule has 0 saturated carbocycles. The maximum atomic E-state index is 12.1. The molecular weight excluding hydrogens is 328 g/mol. The molecule has 1 aromatic rings. The van der Waals surface area contributed by atoms with E-state index in [1.54, 1.807) is 12.1 Å². The van der Waals surface area contributed by atoms with Crippen molar-refractivity contribution in [2.24, 2.45) is 5.41 Å². The van der Waals surface area contributed by atoms with E-state index in [9.17, 15) is 14.7 Å². The summed E-state index contributed by atoms with van der Waals surface area (Å²) >= 11 is 6.05. The first-order valence-electron chi connectivity index (χ1n) is 8.27. The van der Waals surface area contributed by atoms with Gasteiger partial charge in [-0.1, -0.05) is 31.5 Å². The summed E-state index contributed by atoms with van der Waals surface area (Å²) in [6, 6.07) is 5.25. The molecule has 0 aromatic heterocycles. The largest absolute Gasteiger partial charge is 0.481 e. The van der Waals surface area contributed by atoms with Crippen LogP contribution in [0.4, 0.5) is 5.69 Å². The van der Waals surface area contributed by atoms with Gasteiger partial charge in [0.25, 0.3) is 0 Å². The van der Waals surface area contributed by atoms with Gasteiger partial charge < -0.3 is 15.7 Å². The molecule has 1 rings (SSSR count). The number of benzene rings is 1. The highest BCUT2D eigenvalue weighted by Gasteiger charge is 2.34. The average molecular weight is 355 g/mol. The molecule has 1 atom stereocenters. The Kier molecular flexibility index (Phi) is 7.70. The van der Waals surface area contributed by atoms with Crippen molar-refractivity contribution in [3.63, 3.8) is 0 Å². The summed E-state index contributed by atoms with van der Waals surface area (Å²) in [6.07, 6.45) is 1.36. The molecule has 0 saturated heterocycles. The van der Waals surface area contributed by atoms with Crippen molar-refractivity contribution in [1.29, 1.82) is 0 Å². The lowest BCUT2D eigenvalue weighted by molar-refractivity contribution is -0.149. The zero-order valence-electron chi connectivity index (χ0n) is 14.8. The lowest BCUT2D eigenvalue weighted by Crippen LogP contribution is -2.44. The zero-order chi connectivity index (χ0) is 18.3. The molecule has 1 amide bonds. The van der Waals surface area contributed by atoms with Crippen molar-refractivity contribution in [2.75, 3.05) is 11.9 Å². The standard InChI is InChI=1S/C18H27ClN2O3/c1-5-18(6-2,17(23)24)11-20-13(4)9-16(22)21-14-8-7-12(3)15(19)10-14/h7-8,10,13,20H,5-6,9,11H2,1-4H3,(H,21,22)(H,23,24). The van der Waals surface area contributed by atoms with E-state index in [1.165, 1.54) is 0 Å². The van der Waals surface area contributed by atoms with Crippen LogP contribution < -0.4 is 10.6 Å². The molecule has 0 aliphatic rings. The van der Waals surface area contributed by atoms with Crippen molar-refractivity contribution in [3.05, 3.63) is 28.8 Å². The fourth-order valence-corrected chi connectivity index (χ4v) is 2.66. The lowest BCUT2D eigenvalue weighted by atomic mass is 9.82. The van der Waals surface area contributed by atoms with E-state index >= 15 is 0 Å². The molecule has 5 nitrogen and oxygen atoms in total. The number of carboxylic acid groups (broad SMARTS) is 1. The van der Waals surface area contributed by atoms with Crippen LogP contribution in [-0.2, 0) is 9.59 Å². The molecule has 24 heavy (non-hydrogen) atoms. The molecule has 0 aliphatic heterocycles. The molecule has 1 aromatic carbocycles. The van der Waals surface area contributed by atoms with Crippen LogP contribution in [-0.4, -0.2) is 29.6 Å². The predicted octanol–water partition coefficient (Wildman–Crippen LogP) is 3.85. The minimum Gasteiger partial charge on any atom is -0.481 e. The van der Waals surface area contributed by atoms with Crippen LogP contribution in [0.25, 0.3) is 0 Å². The smallest absolute Gasteiger partial charge is 0.310 e. The Bertz CT molecular complexity index is 586. The van der Waals surface area contributed by atoms with Gasteiger partial charge in [0.1, 0.15) is 0 Å². The van der Waals surface area contributed by atoms with Crippen LogP contribution in [0.1, 0.15) is 45.6 Å². The molecule has 0 spiro atoms. The minimum atomic E-state index is -0.800. The normalized spacial score (nSPS) is 12.7. The monoisotopic (exact) mass is 354 g/mol. The Morgan fingerprint density at radius 3 is 2.42 bits per heavy atom. The Hall–Kier alpha value is -1.59. The summed E-state index contributed by atoms with van der Waals surface area (Å²) in [6.45, 7) is 7.87. The van der Waals surface area contributed by atoms with Gasteiger partial charge in [0.15, 0.2) is 0 Å². The number of rotatable bonds is 9. The second-order valence-electron chi connectivity index (χ2n) is 6.29. The number of hydrogen-bond acceptors (Lipinski definition) is 3. The molecule has 1 unspecified atom stereocenters. The van der Waals surface area contributed by atoms with Gasteiger partial charge in [-0.15, -0.1) is 0 Å². The van der Waals surface area contributed by atoms with Crippen LogP contribution in [0.3, 0.4) is 0 Å². The van der Waals surface area contributed by atoms with Gasteiger partial charge in [-0.2, -0.15) is 0 Å². The summed E-state index contributed by atoms with van der Waals surface area (Å²) < 4.78 is 0. The van der Waals surface area contributed by atoms with Crippen molar-refractivity contribution in [2.45, 2.75) is 53.0 Å². The van der Waals surface area contributed by atoms with Crippen LogP contribution in [0.15, 0.2) is 18.2 Å². The van der Waals surface area contributed by atoms with Gasteiger partial charge in [0.05, 0.1) is 5.41 Å². The number of amides is 1. The molecule has 0 bridgehead atoms. The van der Waals surface area contributed by atoms with Crippen LogP contribution in [0, 0.1) is 12.3 Å². The van der Waals surface area contributed by atoms with Crippen LogP contribution in [0.5, 0.6) is 0 Å². The second kappa shape index (κ2) is 9.04. The predicted molar refractivity (Wildman–Crippen MR) is 97.6 cm³/mol. The number of aryl methyl sites for hydroxylation is 1. The quantitative estimate of drug-likeness (QED) is 0.629. The SMILES string of the molecule is CCC(CC)(CNC(C)CC(=O)Nc1ccc(C)c(Cl)c1)C(=O)O. The summed E-state index contributed by atoms with van der Waals surface area (Å²) in [4.78, 5) is 23.6. The van der Waals surface area contributed by atoms with E-state index in [0.29, 0.717) is 30.1 Å². The van der Waals surface area contributed by atoms with Crippen molar-refractivity contribution in [1.82, 2.24) is 5.32 Å². The van der Waals surface area contributed by atoms with E-state index in [0.717, 1.165) is 5.56 Å². The number of aliphatic carboxylic acids is 1. The number of carbonyl (C=O) groups is 2. The number of anilines is 1. The van der Waals surface area contributed by atoms with Crippen molar-refractivity contribution >= 4 is 29.2 Å². The number of halogens is 1. The second-order valence-corrected chi connectivity index (χ2v) is 6.70. The number of carboxylic acids is 1. The average Bonchev–Trinajstić information content (AvgIpc) is 2.52. The Labute approximate surface area is 148 Å². The van der Waals surface area contributed by atoms with E-state index in [4.69, 9.17) is 11.6 Å². The summed E-state index contributed by atoms with van der Waals surface area (Å²) in [7, 11) is 0. The fraction of sp³-hybridized carbons (Fsp3) is 0.556. The first-order valence-corrected chi connectivity index (χ1v) is 8.64. The molecule has 0 fully saturated rings. The highest BCUT2D eigenvalue weighted by atomic mass is 35.5. The van der Waals surface area contributed by atoms with E-state index in [1.807, 2.05) is 33.8 Å². The minimum absolute atomic E-state index is 0.122. The van der Waals surface area contributed by atoms with E-state index in [-0.39, 0.29) is 18.4 Å². The first-order chi connectivity index (χ1) is 11.2. The maximum absolute atomic E-state index is 12.1. The van der Waals surface area contributed by atoms with Crippen molar-refractivity contribution < 1.29 is 14.7 Å². The fourth-order valence-electron chi connectivity index (χ4n) is 2.48. The first kappa shape index (κ1) is 20.5. The number of nitrogens with one attached hydrogen (secondary N) is 2. The molecule has 134 valence electrons. The van der Waals surface area contributed by atoms with Gasteiger partial charge in [0, 0.05) is 29.7 Å². The van der Waals surface area contributed by atoms with Gasteiger partial charge in [0.2, 0.25) is 5.91 Å². The Morgan fingerprint density at radius 2 is 1.92 bits per heavy atom. The Balaban J connectivity index is 2.54. The topological polar surface area (TPSA) is 78.4 Å². The molecule has 6 heteroatoms. The van der Waals surface area contributed by atoms with E-state index < -0.39 is 11.4 Å². The van der Waals surface area contributed by atoms with Gasteiger partial charge >= 0.3 is 5.97 Å². The van der Waals surface area contributed by atoms with Gasteiger partial charge in [-0.05, 0) is 44.4 Å². The molecule has 0 radical (unpaired) electrons. The summed E-state index contributed by atoms with van der Waals surface area (Å²) in [5.74, 6) is -0.935. The highest BCUT2D eigenvalue weighted by molar-refractivity contribution is 6.31. The van der Waals surface area contributed by atoms with E-state index in [2.05, 4.69) is 10.6 Å². The van der Waals surface area contributed by atoms with Gasteiger partial charge in [-0.25, -0.2) is 0 Å².